The molecule has 0 atom stereocenters. The molecule has 2 aromatic carbocycles. The summed E-state index contributed by atoms with van der Waals surface area (Å²) in [6.07, 6.45) is 2.26. The van der Waals surface area contributed by atoms with Crippen LogP contribution in [0.3, 0.4) is 0 Å². The van der Waals surface area contributed by atoms with Gasteiger partial charge in [0.2, 0.25) is 11.8 Å². The van der Waals surface area contributed by atoms with E-state index in [1.165, 1.54) is 6.07 Å². The number of halogens is 1. The van der Waals surface area contributed by atoms with Crippen molar-refractivity contribution in [2.24, 2.45) is 5.73 Å². The summed E-state index contributed by atoms with van der Waals surface area (Å²) in [4.78, 5) is 30.0. The third-order valence-corrected chi connectivity index (χ3v) is 5.09. The zero-order valence-electron chi connectivity index (χ0n) is 16.4. The van der Waals surface area contributed by atoms with E-state index in [-0.39, 0.29) is 17.5 Å². The third kappa shape index (κ3) is 3.74. The van der Waals surface area contributed by atoms with E-state index in [1.807, 2.05) is 6.92 Å². The van der Waals surface area contributed by atoms with Gasteiger partial charge in [0.05, 0.1) is 0 Å². The molecule has 1 aliphatic heterocycles. The third-order valence-electron chi connectivity index (χ3n) is 5.09. The molecule has 1 aromatic heterocycles. The number of pyridine rings is 1. The van der Waals surface area contributed by atoms with Crippen LogP contribution in [0.1, 0.15) is 44.3 Å². The average molecular weight is 405 g/mol. The van der Waals surface area contributed by atoms with Gasteiger partial charge in [-0.3, -0.25) is 9.59 Å². The van der Waals surface area contributed by atoms with Crippen LogP contribution in [0.25, 0.3) is 0 Å². The number of hydrogen-bond acceptors (Lipinski definition) is 4. The number of fused-ring (bicyclic) bond motifs is 1. The molecule has 1 aliphatic rings. The molecule has 3 aromatic rings. The Morgan fingerprint density at radius 3 is 2.57 bits per heavy atom. The van der Waals surface area contributed by atoms with Crippen molar-refractivity contribution in [1.29, 1.82) is 0 Å². The molecule has 2 N–H and O–H groups in total. The number of amides is 2. The summed E-state index contributed by atoms with van der Waals surface area (Å²) in [5.41, 5.74) is 8.49. The van der Waals surface area contributed by atoms with E-state index in [9.17, 15) is 14.0 Å². The zero-order chi connectivity index (χ0) is 21.3. The van der Waals surface area contributed by atoms with E-state index >= 15 is 0 Å². The van der Waals surface area contributed by atoms with Crippen LogP contribution >= 0.6 is 0 Å². The number of carbonyl (C=O) groups excluding carboxylic acids is 2. The molecule has 152 valence electrons. The van der Waals surface area contributed by atoms with Crippen molar-refractivity contribution in [2.75, 3.05) is 0 Å². The molecule has 2 amide bonds. The van der Waals surface area contributed by atoms with Gasteiger partial charge in [0, 0.05) is 24.8 Å². The number of ether oxygens (including phenoxy) is 1. The first-order valence-electron chi connectivity index (χ1n) is 9.58. The van der Waals surface area contributed by atoms with Crippen LogP contribution in [-0.2, 0) is 19.5 Å². The van der Waals surface area contributed by atoms with E-state index in [2.05, 4.69) is 4.98 Å². The van der Waals surface area contributed by atoms with Crippen LogP contribution in [0, 0.1) is 5.82 Å². The summed E-state index contributed by atoms with van der Waals surface area (Å²) in [7, 11) is 0. The summed E-state index contributed by atoms with van der Waals surface area (Å²) in [5.74, 6) is -1.12. The van der Waals surface area contributed by atoms with Crippen LogP contribution in [0.4, 0.5) is 4.39 Å². The minimum absolute atomic E-state index is 0.0291. The Morgan fingerprint density at radius 2 is 1.90 bits per heavy atom. The quantitative estimate of drug-likeness (QED) is 0.675. The molecule has 0 aliphatic carbocycles. The zero-order valence-corrected chi connectivity index (χ0v) is 16.4. The molecular formula is C23H20FN3O3. The Kier molecular flexibility index (Phi) is 5.18. The Labute approximate surface area is 173 Å². The lowest BCUT2D eigenvalue weighted by Crippen LogP contribution is -2.23. The molecule has 0 radical (unpaired) electrons. The van der Waals surface area contributed by atoms with Gasteiger partial charge in [0.25, 0.3) is 5.91 Å². The minimum Gasteiger partial charge on any atom is -0.435 e. The molecule has 0 spiro atoms. The molecule has 7 heteroatoms. The Bertz CT molecular complexity index is 1130. The van der Waals surface area contributed by atoms with Crippen molar-refractivity contribution in [2.45, 2.75) is 26.4 Å². The second-order valence-electron chi connectivity index (χ2n) is 7.09. The molecule has 0 unspecified atom stereocenters. The number of aromatic nitrogens is 1. The summed E-state index contributed by atoms with van der Waals surface area (Å²) in [6, 6.07) is 13.3. The molecule has 0 saturated heterocycles. The fourth-order valence-corrected chi connectivity index (χ4v) is 3.43. The van der Waals surface area contributed by atoms with Gasteiger partial charge in [-0.1, -0.05) is 25.1 Å². The summed E-state index contributed by atoms with van der Waals surface area (Å²) < 4.78 is 20.0. The van der Waals surface area contributed by atoms with Gasteiger partial charge in [-0.25, -0.2) is 9.37 Å². The number of nitrogens with two attached hydrogens (primary N) is 1. The van der Waals surface area contributed by atoms with Crippen molar-refractivity contribution < 1.29 is 18.7 Å². The van der Waals surface area contributed by atoms with E-state index < -0.39 is 11.7 Å². The number of aryl methyl sites for hydroxylation is 1. The van der Waals surface area contributed by atoms with Crippen molar-refractivity contribution in [3.05, 3.63) is 88.4 Å². The van der Waals surface area contributed by atoms with Crippen molar-refractivity contribution in [3.8, 4) is 11.6 Å². The normalized spacial score (nSPS) is 12.7. The maximum Gasteiger partial charge on any atom is 0.260 e. The first-order valence-corrected chi connectivity index (χ1v) is 9.58. The number of nitrogens with zero attached hydrogens (tertiary/aromatic N) is 2. The predicted octanol–water partition coefficient (Wildman–Crippen LogP) is 3.83. The lowest BCUT2D eigenvalue weighted by atomic mass is 10.1. The second-order valence-corrected chi connectivity index (χ2v) is 7.09. The number of hydrogen-bond donors (Lipinski definition) is 1. The number of carbonyl (C=O) groups is 2. The average Bonchev–Trinajstić information content (AvgIpc) is 3.06. The largest absolute Gasteiger partial charge is 0.435 e. The minimum atomic E-state index is -0.502. The highest BCUT2D eigenvalue weighted by atomic mass is 19.1. The van der Waals surface area contributed by atoms with Crippen molar-refractivity contribution >= 4 is 11.8 Å². The van der Waals surface area contributed by atoms with Crippen LogP contribution in [0.5, 0.6) is 11.6 Å². The molecule has 0 bridgehead atoms. The fourth-order valence-electron chi connectivity index (χ4n) is 3.43. The van der Waals surface area contributed by atoms with E-state index in [0.717, 1.165) is 16.7 Å². The fraction of sp³-hybridized carbons (Fsp3) is 0.174. The molecule has 0 saturated carbocycles. The van der Waals surface area contributed by atoms with Gasteiger partial charge >= 0.3 is 0 Å². The van der Waals surface area contributed by atoms with Crippen molar-refractivity contribution in [3.63, 3.8) is 0 Å². The van der Waals surface area contributed by atoms with Gasteiger partial charge in [0.15, 0.2) is 11.6 Å². The van der Waals surface area contributed by atoms with Gasteiger partial charge in [-0.05, 0) is 53.4 Å². The molecule has 0 fully saturated rings. The molecular weight excluding hydrogens is 385 g/mol. The lowest BCUT2D eigenvalue weighted by molar-refractivity contribution is 0.0764. The summed E-state index contributed by atoms with van der Waals surface area (Å²) in [6.45, 7) is 2.68. The molecule has 30 heavy (non-hydrogen) atoms. The highest BCUT2D eigenvalue weighted by Crippen LogP contribution is 2.33. The van der Waals surface area contributed by atoms with Gasteiger partial charge in [-0.15, -0.1) is 0 Å². The Hall–Kier alpha value is -3.74. The standard InChI is InChI=1S/C23H20FN3O3/c1-2-14-5-8-19(18(24)11-14)30-22-20-17(9-10-26-22)13-27(23(20)29)12-15-3-6-16(7-4-15)21(25)28/h3-11H,2,12-13H2,1H3,(H2,25,28). The summed E-state index contributed by atoms with van der Waals surface area (Å²) in [5, 5.41) is 0. The maximum absolute atomic E-state index is 14.3. The van der Waals surface area contributed by atoms with Crippen molar-refractivity contribution in [1.82, 2.24) is 9.88 Å². The van der Waals surface area contributed by atoms with Crippen LogP contribution < -0.4 is 10.5 Å². The monoisotopic (exact) mass is 405 g/mol. The van der Waals surface area contributed by atoms with E-state index in [0.29, 0.717) is 30.6 Å². The Morgan fingerprint density at radius 1 is 1.17 bits per heavy atom. The first kappa shape index (κ1) is 19.6. The predicted molar refractivity (Wildman–Crippen MR) is 109 cm³/mol. The second kappa shape index (κ2) is 7.94. The van der Waals surface area contributed by atoms with E-state index in [4.69, 9.17) is 10.5 Å². The number of primary amides is 1. The van der Waals surface area contributed by atoms with E-state index in [1.54, 1.807) is 53.6 Å². The summed E-state index contributed by atoms with van der Waals surface area (Å²) >= 11 is 0. The molecule has 6 nitrogen and oxygen atoms in total. The first-order chi connectivity index (χ1) is 14.5. The number of benzene rings is 2. The van der Waals surface area contributed by atoms with Crippen LogP contribution in [0.15, 0.2) is 54.7 Å². The smallest absolute Gasteiger partial charge is 0.260 e. The van der Waals surface area contributed by atoms with Gasteiger partial charge in [-0.2, -0.15) is 0 Å². The highest BCUT2D eigenvalue weighted by molar-refractivity contribution is 6.00. The van der Waals surface area contributed by atoms with Gasteiger partial charge in [0.1, 0.15) is 5.56 Å². The maximum atomic E-state index is 14.3. The lowest BCUT2D eigenvalue weighted by Gasteiger charge is -2.16. The molecule has 4 rings (SSSR count). The van der Waals surface area contributed by atoms with Crippen LogP contribution in [-0.4, -0.2) is 21.7 Å². The van der Waals surface area contributed by atoms with Crippen LogP contribution in [0.2, 0.25) is 0 Å². The highest BCUT2D eigenvalue weighted by Gasteiger charge is 2.32. The topological polar surface area (TPSA) is 85.5 Å². The van der Waals surface area contributed by atoms with Gasteiger partial charge < -0.3 is 15.4 Å². The SMILES string of the molecule is CCc1ccc(Oc2nccc3c2C(=O)N(Cc2ccc(C(N)=O)cc2)C3)c(F)c1. The Balaban J connectivity index is 1.56. The number of rotatable bonds is 6. The molecule has 2 heterocycles.